The molecule has 0 aromatic carbocycles. The molecule has 6 nitrogen and oxygen atoms in total. The van der Waals surface area contributed by atoms with Crippen LogP contribution in [0, 0.1) is 5.92 Å². The molecule has 3 N–H and O–H groups in total. The molecule has 2 heterocycles. The third-order valence-electron chi connectivity index (χ3n) is 2.34. The van der Waals surface area contributed by atoms with E-state index < -0.39 is 0 Å². The number of aromatic amines is 2. The Balaban J connectivity index is 2.20. The maximum Gasteiger partial charge on any atom is 0.266 e. The summed E-state index contributed by atoms with van der Waals surface area (Å²) in [6.07, 6.45) is 0.337. The van der Waals surface area contributed by atoms with E-state index in [2.05, 4.69) is 10.2 Å². The first-order valence-corrected chi connectivity index (χ1v) is 4.39. The number of amides is 1. The Morgan fingerprint density at radius 1 is 1.50 bits per heavy atom. The van der Waals surface area contributed by atoms with Crippen molar-refractivity contribution >= 4 is 11.7 Å². The zero-order valence-electron chi connectivity index (χ0n) is 7.49. The van der Waals surface area contributed by atoms with Crippen molar-refractivity contribution in [2.45, 2.75) is 6.42 Å². The van der Waals surface area contributed by atoms with Gasteiger partial charge in [-0.2, -0.15) is 0 Å². The fourth-order valence-corrected chi connectivity index (χ4v) is 1.60. The smallest absolute Gasteiger partial charge is 0.266 e. The van der Waals surface area contributed by atoms with Crippen molar-refractivity contribution in [3.05, 3.63) is 16.4 Å². The van der Waals surface area contributed by atoms with Crippen LogP contribution in [0.4, 0.5) is 5.82 Å². The van der Waals surface area contributed by atoms with Gasteiger partial charge in [0.25, 0.3) is 5.56 Å². The second-order valence-corrected chi connectivity index (χ2v) is 3.40. The lowest BCUT2D eigenvalue weighted by Gasteiger charge is -2.12. The van der Waals surface area contributed by atoms with Crippen LogP contribution in [0.3, 0.4) is 0 Å². The predicted molar refractivity (Wildman–Crippen MR) is 49.0 cm³/mol. The summed E-state index contributed by atoms with van der Waals surface area (Å²) >= 11 is 0. The Morgan fingerprint density at radius 2 is 2.29 bits per heavy atom. The zero-order valence-corrected chi connectivity index (χ0v) is 7.49. The fraction of sp³-hybridized carbons (Fsp3) is 0.500. The summed E-state index contributed by atoms with van der Waals surface area (Å²) in [5, 5.41) is 13.9. The lowest BCUT2D eigenvalue weighted by atomic mass is 10.1. The zero-order chi connectivity index (χ0) is 10.1. The third-order valence-corrected chi connectivity index (χ3v) is 2.34. The van der Waals surface area contributed by atoms with Crippen molar-refractivity contribution in [2.24, 2.45) is 5.92 Å². The highest BCUT2D eigenvalue weighted by atomic mass is 16.3. The van der Waals surface area contributed by atoms with E-state index in [4.69, 9.17) is 5.11 Å². The maximum absolute atomic E-state index is 11.4. The third kappa shape index (κ3) is 1.44. The second-order valence-electron chi connectivity index (χ2n) is 3.40. The molecule has 1 saturated heterocycles. The van der Waals surface area contributed by atoms with E-state index in [0.717, 1.165) is 0 Å². The topological polar surface area (TPSA) is 89.2 Å². The van der Waals surface area contributed by atoms with Crippen molar-refractivity contribution in [1.29, 1.82) is 0 Å². The number of nitrogens with one attached hydrogen (secondary N) is 2. The number of aromatic nitrogens is 2. The Kier molecular flexibility index (Phi) is 2.12. The first-order valence-electron chi connectivity index (χ1n) is 4.39. The van der Waals surface area contributed by atoms with Crippen LogP contribution in [0.2, 0.25) is 0 Å². The molecule has 2 rings (SSSR count). The highest BCUT2D eigenvalue weighted by molar-refractivity contribution is 5.94. The lowest BCUT2D eigenvalue weighted by Crippen LogP contribution is -2.25. The number of nitrogens with zero attached hydrogens (tertiary/aromatic N) is 1. The quantitative estimate of drug-likeness (QED) is 0.571. The Hall–Kier alpha value is -1.56. The molecular weight excluding hydrogens is 186 g/mol. The largest absolute Gasteiger partial charge is 0.396 e. The SMILES string of the molecule is O=C1CC(CO)CN1c1cc(=O)[nH][nH]1. The van der Waals surface area contributed by atoms with Gasteiger partial charge in [0.2, 0.25) is 5.91 Å². The number of hydrogen-bond acceptors (Lipinski definition) is 3. The average Bonchev–Trinajstić information content (AvgIpc) is 2.71. The first kappa shape index (κ1) is 9.01. The van der Waals surface area contributed by atoms with Crippen molar-refractivity contribution in [3.8, 4) is 0 Å². The summed E-state index contributed by atoms with van der Waals surface area (Å²) < 4.78 is 0. The molecule has 1 fully saturated rings. The number of carbonyl (C=O) groups excluding carboxylic acids is 1. The fourth-order valence-electron chi connectivity index (χ4n) is 1.60. The molecule has 14 heavy (non-hydrogen) atoms. The normalized spacial score (nSPS) is 21.9. The second kappa shape index (κ2) is 3.30. The van der Waals surface area contributed by atoms with E-state index in [-0.39, 0.29) is 24.0 Å². The van der Waals surface area contributed by atoms with Crippen LogP contribution < -0.4 is 10.5 Å². The summed E-state index contributed by atoms with van der Waals surface area (Å²) in [6, 6.07) is 1.33. The standard InChI is InChI=1S/C8H11N3O3/c12-4-5-1-8(14)11(3-5)6-2-7(13)10-9-6/h2,5,12H,1,3-4H2,(H2,9,10,13). The number of carbonyl (C=O) groups is 1. The van der Waals surface area contributed by atoms with Crippen LogP contribution in [0.5, 0.6) is 0 Å². The van der Waals surface area contributed by atoms with E-state index in [1.54, 1.807) is 0 Å². The minimum absolute atomic E-state index is 0.00308. The number of rotatable bonds is 2. The number of hydrogen-bond donors (Lipinski definition) is 3. The molecular formula is C8H11N3O3. The van der Waals surface area contributed by atoms with Crippen LogP contribution in [0.1, 0.15) is 6.42 Å². The van der Waals surface area contributed by atoms with Gasteiger partial charge in [-0.1, -0.05) is 0 Å². The summed E-state index contributed by atoms with van der Waals surface area (Å²) in [4.78, 5) is 23.7. The van der Waals surface area contributed by atoms with Crippen LogP contribution in [-0.4, -0.2) is 34.4 Å². The van der Waals surface area contributed by atoms with Crippen LogP contribution in [0.15, 0.2) is 10.9 Å². The van der Waals surface area contributed by atoms with Gasteiger partial charge in [0.15, 0.2) is 0 Å². The summed E-state index contributed by atoms with van der Waals surface area (Å²) in [5.74, 6) is 0.371. The van der Waals surface area contributed by atoms with E-state index in [9.17, 15) is 9.59 Å². The number of anilines is 1. The molecule has 1 aliphatic heterocycles. The van der Waals surface area contributed by atoms with Crippen molar-refractivity contribution in [2.75, 3.05) is 18.1 Å². The van der Waals surface area contributed by atoms with Crippen LogP contribution in [0.25, 0.3) is 0 Å². The van der Waals surface area contributed by atoms with Gasteiger partial charge < -0.3 is 5.11 Å². The molecule has 1 aromatic rings. The van der Waals surface area contributed by atoms with E-state index in [0.29, 0.717) is 18.8 Å². The van der Waals surface area contributed by atoms with Gasteiger partial charge in [-0.05, 0) is 0 Å². The molecule has 1 unspecified atom stereocenters. The molecule has 1 amide bonds. The average molecular weight is 197 g/mol. The van der Waals surface area contributed by atoms with Gasteiger partial charge in [0.1, 0.15) is 5.82 Å². The highest BCUT2D eigenvalue weighted by Gasteiger charge is 2.30. The Morgan fingerprint density at radius 3 is 2.79 bits per heavy atom. The van der Waals surface area contributed by atoms with Gasteiger partial charge in [-0.3, -0.25) is 24.7 Å². The van der Waals surface area contributed by atoms with E-state index in [1.807, 2.05) is 0 Å². The summed E-state index contributed by atoms with van der Waals surface area (Å²) in [6.45, 7) is 0.458. The van der Waals surface area contributed by atoms with Crippen LogP contribution in [-0.2, 0) is 4.79 Å². The Bertz CT molecular complexity index is 395. The Labute approximate surface area is 79.5 Å². The molecule has 0 bridgehead atoms. The monoisotopic (exact) mass is 197 g/mol. The molecule has 6 heteroatoms. The predicted octanol–water partition coefficient (Wildman–Crippen LogP) is -0.952. The molecule has 0 aliphatic carbocycles. The lowest BCUT2D eigenvalue weighted by molar-refractivity contribution is -0.117. The van der Waals surface area contributed by atoms with Crippen molar-refractivity contribution < 1.29 is 9.90 Å². The molecule has 76 valence electrons. The molecule has 1 aliphatic rings. The van der Waals surface area contributed by atoms with Gasteiger partial charge in [-0.25, -0.2) is 0 Å². The molecule has 0 radical (unpaired) electrons. The van der Waals surface area contributed by atoms with Crippen molar-refractivity contribution in [3.63, 3.8) is 0 Å². The van der Waals surface area contributed by atoms with E-state index >= 15 is 0 Å². The molecule has 1 aromatic heterocycles. The maximum atomic E-state index is 11.4. The van der Waals surface area contributed by atoms with Gasteiger partial charge >= 0.3 is 0 Å². The van der Waals surface area contributed by atoms with Gasteiger partial charge in [0, 0.05) is 31.6 Å². The highest BCUT2D eigenvalue weighted by Crippen LogP contribution is 2.21. The van der Waals surface area contributed by atoms with Gasteiger partial charge in [-0.15, -0.1) is 0 Å². The summed E-state index contributed by atoms with van der Waals surface area (Å²) in [5.41, 5.74) is -0.264. The first-order chi connectivity index (χ1) is 6.70. The number of H-pyrrole nitrogens is 2. The van der Waals surface area contributed by atoms with Gasteiger partial charge in [0.05, 0.1) is 0 Å². The summed E-state index contributed by atoms with van der Waals surface area (Å²) in [7, 11) is 0. The minimum atomic E-state index is -0.264. The number of aliphatic hydroxyl groups excluding tert-OH is 1. The van der Waals surface area contributed by atoms with E-state index in [1.165, 1.54) is 11.0 Å². The molecule has 1 atom stereocenters. The minimum Gasteiger partial charge on any atom is -0.396 e. The molecule has 0 spiro atoms. The number of aliphatic hydroxyl groups is 1. The molecule has 0 saturated carbocycles. The van der Waals surface area contributed by atoms with Crippen LogP contribution >= 0.6 is 0 Å². The van der Waals surface area contributed by atoms with Crippen molar-refractivity contribution in [1.82, 2.24) is 10.2 Å².